The number of Topliss-reactive ketones (excluding diaryl/α,β-unsaturated/α-hetero) is 2. The van der Waals surface area contributed by atoms with Crippen molar-refractivity contribution in [3.63, 3.8) is 0 Å². The number of carbonyl (C=O) groups excluding carboxylic acids is 4. The van der Waals surface area contributed by atoms with Crippen molar-refractivity contribution in [2.45, 2.75) is 224 Å². The molecule has 2 saturated heterocycles. The number of rotatable bonds is 12. The largest absolute Gasteiger partial charge is 0.456 e. The van der Waals surface area contributed by atoms with Crippen LogP contribution in [0.25, 0.3) is 0 Å². The summed E-state index contributed by atoms with van der Waals surface area (Å²) in [6.07, 6.45) is 4.84. The van der Waals surface area contributed by atoms with Gasteiger partial charge in [-0.15, -0.1) is 0 Å². The highest BCUT2D eigenvalue weighted by Gasteiger charge is 2.57. The van der Waals surface area contributed by atoms with E-state index < -0.39 is 92.3 Å². The first-order chi connectivity index (χ1) is 33.9. The van der Waals surface area contributed by atoms with Crippen LogP contribution in [0.5, 0.6) is 0 Å². The average Bonchev–Trinajstić information content (AvgIpc) is 3.34. The van der Waals surface area contributed by atoms with Crippen LogP contribution in [-0.4, -0.2) is 135 Å². The van der Waals surface area contributed by atoms with E-state index in [0.29, 0.717) is 44.9 Å². The molecule has 3 aliphatic heterocycles. The van der Waals surface area contributed by atoms with Gasteiger partial charge in [0.05, 0.1) is 37.1 Å². The topological polar surface area (TPSA) is 177 Å². The Hall–Kier alpha value is -3.12. The third-order valence-corrected chi connectivity index (χ3v) is 21.3. The van der Waals surface area contributed by atoms with Crippen LogP contribution in [0.1, 0.15) is 151 Å². The van der Waals surface area contributed by atoms with E-state index in [1.165, 1.54) is 4.90 Å². The lowest BCUT2D eigenvalue weighted by Crippen LogP contribution is -2.65. The number of ether oxygens (including phenoxy) is 6. The SMILES string of the molecule is CCC1CCCC2C(=O)OC(C(C)=CC3CCC(OCC(O)c4ccccc4)C(OC)C3)C(C)C(O[Si](C)(C)C(C)(C)C)CC(=O)CC=C(C)CC(C)CC(OC)C3OC(O)(C(=O)C(=O)N12)C(C)CC3OC. The molecule has 0 radical (unpaired) electrons. The fraction of sp³-hybridized carbons (Fsp3) is 0.754. The molecule has 14 nitrogen and oxygen atoms in total. The number of piperidine rings is 1. The van der Waals surface area contributed by atoms with E-state index in [4.69, 9.17) is 32.8 Å². The van der Waals surface area contributed by atoms with Crippen LogP contribution < -0.4 is 0 Å². The molecule has 15 unspecified atom stereocenters. The second-order valence-corrected chi connectivity index (χ2v) is 28.0. The van der Waals surface area contributed by atoms with Crippen molar-refractivity contribution in [3.8, 4) is 0 Å². The smallest absolute Gasteiger partial charge is 0.329 e. The van der Waals surface area contributed by atoms with Crippen molar-refractivity contribution < 1.29 is 62.2 Å². The van der Waals surface area contributed by atoms with Gasteiger partial charge in [-0.05, 0) is 119 Å². The predicted octanol–water partition coefficient (Wildman–Crippen LogP) is 9.40. The molecular weight excluding hydrogens is 935 g/mol. The first kappa shape index (κ1) is 59.7. The van der Waals surface area contributed by atoms with Crippen LogP contribution in [0.15, 0.2) is 53.6 Å². The summed E-state index contributed by atoms with van der Waals surface area (Å²) in [6.45, 7) is 22.5. The van der Waals surface area contributed by atoms with Gasteiger partial charge in [-0.2, -0.15) is 0 Å². The lowest BCUT2D eigenvalue weighted by Gasteiger charge is -2.47. The van der Waals surface area contributed by atoms with Crippen molar-refractivity contribution in [1.29, 1.82) is 0 Å². The van der Waals surface area contributed by atoms with Crippen LogP contribution in [0, 0.1) is 23.7 Å². The molecule has 2 bridgehead atoms. The molecule has 1 saturated carbocycles. The summed E-state index contributed by atoms with van der Waals surface area (Å²) in [5.41, 5.74) is 2.58. The molecule has 1 aliphatic carbocycles. The molecule has 1 aromatic carbocycles. The quantitative estimate of drug-likeness (QED) is 0.0877. The number of amides is 1. The van der Waals surface area contributed by atoms with Gasteiger partial charge in [-0.25, -0.2) is 4.79 Å². The van der Waals surface area contributed by atoms with Crippen LogP contribution in [-0.2, 0) is 52.0 Å². The molecule has 1 amide bonds. The van der Waals surface area contributed by atoms with Crippen molar-refractivity contribution in [2.24, 2.45) is 23.7 Å². The predicted molar refractivity (Wildman–Crippen MR) is 279 cm³/mol. The zero-order chi connectivity index (χ0) is 53.3. The summed E-state index contributed by atoms with van der Waals surface area (Å²) in [5.74, 6) is -6.62. The number of allylic oxidation sites excluding steroid dienone is 3. The number of nitrogens with zero attached hydrogens (tertiary/aromatic N) is 1. The summed E-state index contributed by atoms with van der Waals surface area (Å²) in [7, 11) is 2.24. The number of ketones is 2. The minimum Gasteiger partial charge on any atom is -0.456 e. The lowest BCUT2D eigenvalue weighted by atomic mass is 9.82. The van der Waals surface area contributed by atoms with E-state index in [2.05, 4.69) is 46.9 Å². The highest BCUT2D eigenvalue weighted by Crippen LogP contribution is 2.42. The van der Waals surface area contributed by atoms with Gasteiger partial charge in [0, 0.05) is 52.0 Å². The highest BCUT2D eigenvalue weighted by molar-refractivity contribution is 6.74. The van der Waals surface area contributed by atoms with Crippen molar-refractivity contribution in [3.05, 3.63) is 59.2 Å². The molecular formula is C57H91NO13Si. The lowest BCUT2D eigenvalue weighted by molar-refractivity contribution is -0.302. The monoisotopic (exact) mass is 1030 g/mol. The van der Waals surface area contributed by atoms with E-state index in [1.807, 2.05) is 64.1 Å². The van der Waals surface area contributed by atoms with Gasteiger partial charge in [0.15, 0.2) is 8.32 Å². The maximum absolute atomic E-state index is 15.2. The van der Waals surface area contributed by atoms with E-state index in [0.717, 1.165) is 23.1 Å². The molecule has 0 spiro atoms. The Kier molecular flexibility index (Phi) is 21.6. The van der Waals surface area contributed by atoms with Crippen LogP contribution in [0.2, 0.25) is 18.1 Å². The van der Waals surface area contributed by atoms with Gasteiger partial charge in [0.2, 0.25) is 5.79 Å². The molecule has 3 heterocycles. The van der Waals surface area contributed by atoms with Crippen LogP contribution in [0.4, 0.5) is 0 Å². The Morgan fingerprint density at radius 1 is 0.889 bits per heavy atom. The molecule has 3 fully saturated rings. The Balaban J connectivity index is 1.57. The number of hydrogen-bond acceptors (Lipinski definition) is 13. The van der Waals surface area contributed by atoms with Gasteiger partial charge < -0.3 is 48.0 Å². The van der Waals surface area contributed by atoms with E-state index in [9.17, 15) is 24.6 Å². The van der Waals surface area contributed by atoms with Crippen LogP contribution >= 0.6 is 0 Å². The standard InChI is InChI=1S/C57H91NO13Si/c1-15-42-22-19-23-44-55(63)69-51(37(4)30-40-25-27-46(48(32-40)65-10)68-34-45(60)41-20-17-16-18-21-41)39(6)47(71-72(13,14)56(7,8)9)33-43(59)26-24-35(2)28-36(3)29-49(66-11)52-50(67-12)31-38(5)57(64,70-52)53(61)54(62)58(42)44/h16-18,20-21,24,30,36,38-40,42,44-52,60,64H,15,19,22-23,25-29,31-34H2,1-14H3. The van der Waals surface area contributed by atoms with Crippen molar-refractivity contribution >= 4 is 31.8 Å². The molecule has 406 valence electrons. The molecule has 15 heteroatoms. The third-order valence-electron chi connectivity index (χ3n) is 16.8. The van der Waals surface area contributed by atoms with Gasteiger partial charge in [0.1, 0.15) is 30.1 Å². The Labute approximate surface area is 432 Å². The third kappa shape index (κ3) is 14.6. The molecule has 5 rings (SSSR count). The van der Waals surface area contributed by atoms with Crippen molar-refractivity contribution in [2.75, 3.05) is 27.9 Å². The fourth-order valence-corrected chi connectivity index (χ4v) is 12.7. The summed E-state index contributed by atoms with van der Waals surface area (Å²) in [6, 6.07) is 7.81. The number of aliphatic hydroxyl groups excluding tert-OH is 1. The minimum atomic E-state index is -2.54. The summed E-state index contributed by atoms with van der Waals surface area (Å²) in [4.78, 5) is 60.5. The fourth-order valence-electron chi connectivity index (χ4n) is 11.3. The molecule has 72 heavy (non-hydrogen) atoms. The average molecular weight is 1030 g/mol. The zero-order valence-electron chi connectivity index (χ0n) is 46.1. The number of hydrogen-bond donors (Lipinski definition) is 2. The van der Waals surface area contributed by atoms with Gasteiger partial charge >= 0.3 is 5.97 Å². The number of methoxy groups -OCH3 is 3. The Morgan fingerprint density at radius 3 is 2.17 bits per heavy atom. The number of carbonyl (C=O) groups is 4. The first-order valence-corrected chi connectivity index (χ1v) is 29.7. The highest BCUT2D eigenvalue weighted by atomic mass is 28.4. The second kappa shape index (κ2) is 26.1. The minimum absolute atomic E-state index is 0.00359. The number of benzene rings is 1. The van der Waals surface area contributed by atoms with Gasteiger partial charge in [-0.1, -0.05) is 96.5 Å². The molecule has 15 atom stereocenters. The van der Waals surface area contributed by atoms with E-state index in [-0.39, 0.29) is 67.2 Å². The summed E-state index contributed by atoms with van der Waals surface area (Å²) < 4.78 is 44.6. The molecule has 2 N–H and O–H groups in total. The number of aliphatic hydroxyl groups is 2. The van der Waals surface area contributed by atoms with Crippen LogP contribution in [0.3, 0.4) is 0 Å². The van der Waals surface area contributed by atoms with E-state index >= 15 is 4.79 Å². The van der Waals surface area contributed by atoms with Crippen molar-refractivity contribution in [1.82, 2.24) is 4.90 Å². The van der Waals surface area contributed by atoms with E-state index in [1.54, 1.807) is 28.3 Å². The summed E-state index contributed by atoms with van der Waals surface area (Å²) >= 11 is 0. The summed E-state index contributed by atoms with van der Waals surface area (Å²) in [5, 5.41) is 23.1. The number of fused-ring (bicyclic) bond motifs is 3. The Bertz CT molecular complexity index is 2020. The van der Waals surface area contributed by atoms with Gasteiger partial charge in [-0.3, -0.25) is 14.4 Å². The molecule has 1 aromatic rings. The Morgan fingerprint density at radius 2 is 1.54 bits per heavy atom. The zero-order valence-corrected chi connectivity index (χ0v) is 47.1. The normalized spacial score (nSPS) is 35.2. The number of cyclic esters (lactones) is 1. The van der Waals surface area contributed by atoms with Gasteiger partial charge in [0.25, 0.3) is 11.7 Å². The molecule has 4 aliphatic rings. The molecule has 0 aromatic heterocycles. The second-order valence-electron chi connectivity index (χ2n) is 23.2. The maximum Gasteiger partial charge on any atom is 0.329 e. The first-order valence-electron chi connectivity index (χ1n) is 26.8. The number of esters is 1. The maximum atomic E-state index is 15.2.